The van der Waals surface area contributed by atoms with Crippen LogP contribution in [0.4, 0.5) is 0 Å². The average Bonchev–Trinajstić information content (AvgIpc) is 3.17. The molecule has 1 atom stereocenters. The number of H-pyrrole nitrogens is 1. The average molecular weight is 343 g/mol. The molecule has 1 saturated heterocycles. The Balaban J connectivity index is 1.61. The van der Waals surface area contributed by atoms with Gasteiger partial charge in [-0.1, -0.05) is 6.92 Å². The number of carbonyl (C=O) groups is 1. The Bertz CT molecular complexity index is 773. The lowest BCUT2D eigenvalue weighted by Gasteiger charge is -2.32. The largest absolute Gasteiger partial charge is 0.486 e. The molecule has 2 aromatic rings. The lowest BCUT2D eigenvalue weighted by atomic mass is 10.1. The van der Waals surface area contributed by atoms with Crippen LogP contribution in [0.5, 0.6) is 11.5 Å². The molecule has 1 fully saturated rings. The van der Waals surface area contributed by atoms with E-state index in [0.717, 1.165) is 17.7 Å². The van der Waals surface area contributed by atoms with Crippen LogP contribution in [0.15, 0.2) is 24.4 Å². The van der Waals surface area contributed by atoms with E-state index in [2.05, 4.69) is 17.1 Å². The highest BCUT2D eigenvalue weighted by atomic mass is 16.6. The molecule has 0 saturated carbocycles. The monoisotopic (exact) mass is 343 g/mol. The summed E-state index contributed by atoms with van der Waals surface area (Å²) in [4.78, 5) is 14.8. The minimum Gasteiger partial charge on any atom is -0.486 e. The van der Waals surface area contributed by atoms with Crippen molar-refractivity contribution >= 4 is 5.91 Å². The molecule has 1 unspecified atom stereocenters. The fraction of sp³-hybridized carbons (Fsp3) is 0.444. The minimum atomic E-state index is -0.0274. The number of benzene rings is 1. The zero-order valence-electron chi connectivity index (χ0n) is 14.2. The van der Waals surface area contributed by atoms with E-state index in [9.17, 15) is 4.79 Å². The van der Waals surface area contributed by atoms with Crippen LogP contribution in [-0.4, -0.2) is 60.0 Å². The number of aromatic nitrogens is 2. The fourth-order valence-electron chi connectivity index (χ4n) is 3.19. The second kappa shape index (κ2) is 6.76. The summed E-state index contributed by atoms with van der Waals surface area (Å²) in [5, 5.41) is 7.04. The van der Waals surface area contributed by atoms with Crippen molar-refractivity contribution in [2.75, 3.05) is 32.9 Å². The number of hydrogen-bond acceptors (Lipinski definition) is 5. The first-order chi connectivity index (χ1) is 12.3. The van der Waals surface area contributed by atoms with E-state index in [-0.39, 0.29) is 12.0 Å². The molecule has 1 aromatic carbocycles. The van der Waals surface area contributed by atoms with Crippen molar-refractivity contribution < 1.29 is 19.0 Å². The second-order valence-electron chi connectivity index (χ2n) is 6.17. The molecule has 2 aliphatic rings. The summed E-state index contributed by atoms with van der Waals surface area (Å²) in [5.41, 5.74) is 2.11. The highest BCUT2D eigenvalue weighted by Gasteiger charge is 2.27. The fourth-order valence-corrected chi connectivity index (χ4v) is 3.19. The third-order valence-electron chi connectivity index (χ3n) is 4.58. The molecular weight excluding hydrogens is 322 g/mol. The van der Waals surface area contributed by atoms with Crippen molar-refractivity contribution in [3.05, 3.63) is 30.0 Å². The van der Waals surface area contributed by atoms with Crippen molar-refractivity contribution in [2.24, 2.45) is 0 Å². The molecule has 0 radical (unpaired) electrons. The summed E-state index contributed by atoms with van der Waals surface area (Å²) < 4.78 is 16.8. The summed E-state index contributed by atoms with van der Waals surface area (Å²) >= 11 is 0. The maximum atomic E-state index is 13.0. The number of ether oxygens (including phenoxy) is 3. The summed E-state index contributed by atoms with van der Waals surface area (Å²) in [5.74, 6) is 1.39. The number of hydrogen-bond donors (Lipinski definition) is 1. The van der Waals surface area contributed by atoms with Gasteiger partial charge in [-0.25, -0.2) is 0 Å². The van der Waals surface area contributed by atoms with Gasteiger partial charge in [-0.05, 0) is 24.6 Å². The van der Waals surface area contributed by atoms with Crippen LogP contribution in [0.25, 0.3) is 11.3 Å². The van der Waals surface area contributed by atoms with E-state index in [1.165, 1.54) is 0 Å². The summed E-state index contributed by atoms with van der Waals surface area (Å²) in [7, 11) is 0. The first kappa shape index (κ1) is 16.0. The maximum Gasteiger partial charge on any atom is 0.257 e. The Morgan fingerprint density at radius 3 is 2.96 bits per heavy atom. The number of carbonyl (C=O) groups excluding carboxylic acids is 1. The molecule has 1 N–H and O–H groups in total. The molecule has 7 heteroatoms. The van der Waals surface area contributed by atoms with Gasteiger partial charge in [-0.15, -0.1) is 0 Å². The van der Waals surface area contributed by atoms with Gasteiger partial charge in [0.25, 0.3) is 5.91 Å². The topological polar surface area (TPSA) is 76.7 Å². The normalized spacial score (nSPS) is 19.7. The first-order valence-electron chi connectivity index (χ1n) is 8.60. The van der Waals surface area contributed by atoms with Crippen LogP contribution in [0.3, 0.4) is 0 Å². The number of aromatic amines is 1. The van der Waals surface area contributed by atoms with Crippen molar-refractivity contribution in [3.63, 3.8) is 0 Å². The van der Waals surface area contributed by atoms with Gasteiger partial charge >= 0.3 is 0 Å². The van der Waals surface area contributed by atoms with Crippen LogP contribution in [0.1, 0.15) is 23.7 Å². The Kier molecular flexibility index (Phi) is 4.31. The molecule has 7 nitrogen and oxygen atoms in total. The zero-order valence-corrected chi connectivity index (χ0v) is 14.2. The summed E-state index contributed by atoms with van der Waals surface area (Å²) in [6.07, 6.45) is 2.58. The van der Waals surface area contributed by atoms with E-state index in [1.54, 1.807) is 6.20 Å². The van der Waals surface area contributed by atoms with E-state index < -0.39 is 0 Å². The molecule has 0 aliphatic carbocycles. The van der Waals surface area contributed by atoms with Crippen LogP contribution >= 0.6 is 0 Å². The van der Waals surface area contributed by atoms with E-state index in [1.807, 2.05) is 23.1 Å². The molecule has 4 rings (SSSR count). The minimum absolute atomic E-state index is 0.0274. The van der Waals surface area contributed by atoms with Crippen LogP contribution in [0.2, 0.25) is 0 Å². The standard InChI is InChI=1S/C18H21N3O4/c1-2-13-11-21(5-6-23-13)18(22)14-10-19-20-17(14)12-3-4-15-16(9-12)25-8-7-24-15/h3-4,9-10,13H,2,5-8,11H2,1H3,(H,19,20). The van der Waals surface area contributed by atoms with Gasteiger partial charge in [0.15, 0.2) is 11.5 Å². The molecule has 3 heterocycles. The highest BCUT2D eigenvalue weighted by molar-refractivity contribution is 6.00. The van der Waals surface area contributed by atoms with Crippen LogP contribution < -0.4 is 9.47 Å². The molecule has 0 bridgehead atoms. The number of nitrogens with one attached hydrogen (secondary N) is 1. The molecule has 2 aliphatic heterocycles. The van der Waals surface area contributed by atoms with Gasteiger partial charge in [0.1, 0.15) is 13.2 Å². The SMILES string of the molecule is CCC1CN(C(=O)c2cn[nH]c2-c2ccc3c(c2)OCCO3)CCO1. The molecular formula is C18H21N3O4. The number of fused-ring (bicyclic) bond motifs is 1. The van der Waals surface area contributed by atoms with Crippen molar-refractivity contribution in [3.8, 4) is 22.8 Å². The van der Waals surface area contributed by atoms with Gasteiger partial charge in [-0.3, -0.25) is 9.89 Å². The number of morpholine rings is 1. The smallest absolute Gasteiger partial charge is 0.257 e. The molecule has 1 amide bonds. The maximum absolute atomic E-state index is 13.0. The van der Waals surface area contributed by atoms with Crippen LogP contribution in [0, 0.1) is 0 Å². The second-order valence-corrected chi connectivity index (χ2v) is 6.17. The Morgan fingerprint density at radius 2 is 2.12 bits per heavy atom. The molecule has 132 valence electrons. The van der Waals surface area contributed by atoms with E-state index in [4.69, 9.17) is 14.2 Å². The third kappa shape index (κ3) is 3.07. The summed E-state index contributed by atoms with van der Waals surface area (Å²) in [6.45, 7) is 4.92. The number of rotatable bonds is 3. The highest BCUT2D eigenvalue weighted by Crippen LogP contribution is 2.35. The Labute approximate surface area is 145 Å². The Morgan fingerprint density at radius 1 is 1.28 bits per heavy atom. The van der Waals surface area contributed by atoms with Crippen molar-refractivity contribution in [1.82, 2.24) is 15.1 Å². The number of nitrogens with zero attached hydrogens (tertiary/aromatic N) is 2. The number of amides is 1. The first-order valence-corrected chi connectivity index (χ1v) is 8.60. The lowest BCUT2D eigenvalue weighted by molar-refractivity contribution is -0.0226. The van der Waals surface area contributed by atoms with Gasteiger partial charge < -0.3 is 19.1 Å². The van der Waals surface area contributed by atoms with E-state index in [0.29, 0.717) is 49.9 Å². The van der Waals surface area contributed by atoms with Crippen LogP contribution in [-0.2, 0) is 4.74 Å². The Hall–Kier alpha value is -2.54. The quantitative estimate of drug-likeness (QED) is 0.923. The predicted molar refractivity (Wildman–Crippen MR) is 90.9 cm³/mol. The van der Waals surface area contributed by atoms with Crippen molar-refractivity contribution in [2.45, 2.75) is 19.4 Å². The molecule has 0 spiro atoms. The summed E-state index contributed by atoms with van der Waals surface area (Å²) in [6, 6.07) is 5.65. The third-order valence-corrected chi connectivity index (χ3v) is 4.58. The van der Waals surface area contributed by atoms with Gasteiger partial charge in [0.2, 0.25) is 0 Å². The zero-order chi connectivity index (χ0) is 17.2. The lowest BCUT2D eigenvalue weighted by Crippen LogP contribution is -2.45. The van der Waals surface area contributed by atoms with Crippen molar-refractivity contribution in [1.29, 1.82) is 0 Å². The van der Waals surface area contributed by atoms with E-state index >= 15 is 0 Å². The van der Waals surface area contributed by atoms with Gasteiger partial charge in [0.05, 0.1) is 30.2 Å². The molecule has 1 aromatic heterocycles. The van der Waals surface area contributed by atoms with Gasteiger partial charge in [0, 0.05) is 18.7 Å². The molecule has 25 heavy (non-hydrogen) atoms. The predicted octanol–water partition coefficient (Wildman–Crippen LogP) is 2.10. The van der Waals surface area contributed by atoms with Gasteiger partial charge in [-0.2, -0.15) is 5.10 Å².